The first-order valence-corrected chi connectivity index (χ1v) is 6.61. The maximum atomic E-state index is 11.8. The average molecular weight is 263 g/mol. The summed E-state index contributed by atoms with van der Waals surface area (Å²) >= 11 is 0. The summed E-state index contributed by atoms with van der Waals surface area (Å²) in [5, 5.41) is 3.48. The molecule has 0 bridgehead atoms. The Morgan fingerprint density at radius 2 is 2.21 bits per heavy atom. The lowest BCUT2D eigenvalue weighted by Crippen LogP contribution is -2.47. The predicted octanol–water partition coefficient (Wildman–Crippen LogP) is 0.712. The molecular formula is C13H21N5O. The zero-order valence-corrected chi connectivity index (χ0v) is 11.5. The largest absolute Gasteiger partial charge is 0.331 e. The van der Waals surface area contributed by atoms with Crippen molar-refractivity contribution in [2.45, 2.75) is 25.4 Å². The molecule has 104 valence electrons. The van der Waals surface area contributed by atoms with E-state index in [1.807, 2.05) is 11.0 Å². The smallest absolute Gasteiger partial charge is 0.319 e. The van der Waals surface area contributed by atoms with Crippen LogP contribution in [0.1, 0.15) is 18.5 Å². The molecule has 6 heteroatoms. The van der Waals surface area contributed by atoms with Crippen molar-refractivity contribution in [3.63, 3.8) is 0 Å². The van der Waals surface area contributed by atoms with Gasteiger partial charge in [0.1, 0.15) is 6.33 Å². The second kappa shape index (κ2) is 6.47. The van der Waals surface area contributed by atoms with Crippen LogP contribution in [0, 0.1) is 0 Å². The Hall–Kier alpha value is -1.69. The fraction of sp³-hybridized carbons (Fsp3) is 0.615. The van der Waals surface area contributed by atoms with Crippen molar-refractivity contribution in [1.82, 2.24) is 25.1 Å². The molecular weight excluding hydrogens is 242 g/mol. The van der Waals surface area contributed by atoms with Crippen molar-refractivity contribution >= 4 is 6.03 Å². The first kappa shape index (κ1) is 13.7. The van der Waals surface area contributed by atoms with E-state index in [0.29, 0.717) is 6.04 Å². The molecule has 0 unspecified atom stereocenters. The molecule has 1 N–H and O–H groups in total. The summed E-state index contributed by atoms with van der Waals surface area (Å²) in [6, 6.07) is 2.48. The van der Waals surface area contributed by atoms with Gasteiger partial charge < -0.3 is 15.1 Å². The number of rotatable bonds is 3. The van der Waals surface area contributed by atoms with Gasteiger partial charge in [-0.25, -0.2) is 14.8 Å². The normalized spacial score (nSPS) is 16.4. The second-order valence-electron chi connectivity index (χ2n) is 5.02. The quantitative estimate of drug-likeness (QED) is 0.872. The van der Waals surface area contributed by atoms with Crippen molar-refractivity contribution in [3.8, 4) is 0 Å². The minimum atomic E-state index is 0.106. The van der Waals surface area contributed by atoms with Crippen LogP contribution in [0.4, 0.5) is 4.79 Å². The van der Waals surface area contributed by atoms with E-state index in [2.05, 4.69) is 15.3 Å². The van der Waals surface area contributed by atoms with E-state index in [1.165, 1.54) is 0 Å². The van der Waals surface area contributed by atoms with Gasteiger partial charge in [0.05, 0.1) is 5.69 Å². The van der Waals surface area contributed by atoms with Crippen LogP contribution in [-0.4, -0.2) is 59.0 Å². The highest BCUT2D eigenvalue weighted by atomic mass is 16.2. The fourth-order valence-corrected chi connectivity index (χ4v) is 2.23. The van der Waals surface area contributed by atoms with Crippen molar-refractivity contribution in [3.05, 3.63) is 24.3 Å². The first-order chi connectivity index (χ1) is 9.16. The lowest BCUT2D eigenvalue weighted by atomic mass is 10.1. The van der Waals surface area contributed by atoms with Crippen LogP contribution in [0.15, 0.2) is 18.6 Å². The molecule has 1 aromatic rings. The van der Waals surface area contributed by atoms with Crippen molar-refractivity contribution in [1.29, 1.82) is 0 Å². The zero-order valence-electron chi connectivity index (χ0n) is 11.5. The highest BCUT2D eigenvalue weighted by molar-refractivity contribution is 5.73. The second-order valence-corrected chi connectivity index (χ2v) is 5.02. The molecule has 0 aliphatic carbocycles. The van der Waals surface area contributed by atoms with Gasteiger partial charge in [0.2, 0.25) is 0 Å². The van der Waals surface area contributed by atoms with Gasteiger partial charge in [-0.15, -0.1) is 0 Å². The summed E-state index contributed by atoms with van der Waals surface area (Å²) in [4.78, 5) is 23.4. The maximum absolute atomic E-state index is 11.8. The third-order valence-corrected chi connectivity index (χ3v) is 3.36. The lowest BCUT2D eigenvalue weighted by Gasteiger charge is -2.34. The SMILES string of the molecule is CN(C)C(=O)N1CCC(NCc2ccncn2)CC1. The van der Waals surface area contributed by atoms with Gasteiger partial charge in [-0.2, -0.15) is 0 Å². The van der Waals surface area contributed by atoms with Crippen LogP contribution in [-0.2, 0) is 6.54 Å². The number of hydrogen-bond donors (Lipinski definition) is 1. The van der Waals surface area contributed by atoms with Crippen LogP contribution in [0.5, 0.6) is 0 Å². The van der Waals surface area contributed by atoms with Gasteiger partial charge in [-0.05, 0) is 18.9 Å². The van der Waals surface area contributed by atoms with E-state index in [9.17, 15) is 4.79 Å². The van der Waals surface area contributed by atoms with E-state index in [1.54, 1.807) is 31.5 Å². The molecule has 2 rings (SSSR count). The molecule has 0 aromatic carbocycles. The number of hydrogen-bond acceptors (Lipinski definition) is 4. The molecule has 6 nitrogen and oxygen atoms in total. The standard InChI is InChI=1S/C13H21N5O/c1-17(2)13(19)18-7-4-11(5-8-18)15-9-12-3-6-14-10-16-12/h3,6,10-11,15H,4-5,7-9H2,1-2H3. The number of nitrogens with zero attached hydrogens (tertiary/aromatic N) is 4. The highest BCUT2D eigenvalue weighted by Crippen LogP contribution is 2.12. The number of amides is 2. The summed E-state index contributed by atoms with van der Waals surface area (Å²) in [7, 11) is 3.59. The number of nitrogens with one attached hydrogen (secondary N) is 1. The molecule has 1 aliphatic rings. The van der Waals surface area contributed by atoms with Gasteiger partial charge in [0, 0.05) is 46.0 Å². The van der Waals surface area contributed by atoms with Gasteiger partial charge in [0.15, 0.2) is 0 Å². The Morgan fingerprint density at radius 3 is 2.79 bits per heavy atom. The van der Waals surface area contributed by atoms with E-state index in [0.717, 1.165) is 38.2 Å². The summed E-state index contributed by atoms with van der Waals surface area (Å²) < 4.78 is 0. The number of piperidine rings is 1. The summed E-state index contributed by atoms with van der Waals surface area (Å²) in [5.74, 6) is 0. The number of aromatic nitrogens is 2. The molecule has 1 aliphatic heterocycles. The number of urea groups is 1. The molecule has 0 spiro atoms. The summed E-state index contributed by atoms with van der Waals surface area (Å²) in [6.07, 6.45) is 5.30. The van der Waals surface area contributed by atoms with Crippen LogP contribution in [0.3, 0.4) is 0 Å². The molecule has 1 aromatic heterocycles. The molecule has 0 atom stereocenters. The molecule has 19 heavy (non-hydrogen) atoms. The van der Waals surface area contributed by atoms with Crippen LogP contribution < -0.4 is 5.32 Å². The topological polar surface area (TPSA) is 61.4 Å². The van der Waals surface area contributed by atoms with Crippen LogP contribution >= 0.6 is 0 Å². The molecule has 0 radical (unpaired) electrons. The van der Waals surface area contributed by atoms with Gasteiger partial charge in [-0.1, -0.05) is 0 Å². The molecule has 0 saturated carbocycles. The average Bonchev–Trinajstić information content (AvgIpc) is 2.46. The Bertz CT molecular complexity index is 401. The maximum Gasteiger partial charge on any atom is 0.319 e. The van der Waals surface area contributed by atoms with Gasteiger partial charge in [0.25, 0.3) is 0 Å². The lowest BCUT2D eigenvalue weighted by molar-refractivity contribution is 0.152. The minimum Gasteiger partial charge on any atom is -0.331 e. The van der Waals surface area contributed by atoms with Gasteiger partial charge in [-0.3, -0.25) is 0 Å². The zero-order chi connectivity index (χ0) is 13.7. The minimum absolute atomic E-state index is 0.106. The molecule has 1 fully saturated rings. The fourth-order valence-electron chi connectivity index (χ4n) is 2.23. The number of carbonyl (C=O) groups is 1. The van der Waals surface area contributed by atoms with Crippen LogP contribution in [0.25, 0.3) is 0 Å². The van der Waals surface area contributed by atoms with Gasteiger partial charge >= 0.3 is 6.03 Å². The van der Waals surface area contributed by atoms with E-state index >= 15 is 0 Å². The first-order valence-electron chi connectivity index (χ1n) is 6.61. The molecule has 1 saturated heterocycles. The molecule has 2 amide bonds. The number of carbonyl (C=O) groups excluding carboxylic acids is 1. The highest BCUT2D eigenvalue weighted by Gasteiger charge is 2.23. The van der Waals surface area contributed by atoms with Crippen molar-refractivity contribution in [2.75, 3.05) is 27.2 Å². The Labute approximate surface area is 113 Å². The Morgan fingerprint density at radius 1 is 1.47 bits per heavy atom. The van der Waals surface area contributed by atoms with E-state index < -0.39 is 0 Å². The van der Waals surface area contributed by atoms with E-state index in [-0.39, 0.29) is 6.03 Å². The monoisotopic (exact) mass is 263 g/mol. The van der Waals surface area contributed by atoms with Crippen molar-refractivity contribution in [2.24, 2.45) is 0 Å². The summed E-state index contributed by atoms with van der Waals surface area (Å²) in [6.45, 7) is 2.39. The molecule has 2 heterocycles. The number of likely N-dealkylation sites (tertiary alicyclic amines) is 1. The predicted molar refractivity (Wildman–Crippen MR) is 72.5 cm³/mol. The third-order valence-electron chi connectivity index (χ3n) is 3.36. The summed E-state index contributed by atoms with van der Waals surface area (Å²) in [5.41, 5.74) is 1.00. The van der Waals surface area contributed by atoms with Crippen molar-refractivity contribution < 1.29 is 4.79 Å². The van der Waals surface area contributed by atoms with E-state index in [4.69, 9.17) is 0 Å². The Balaban J connectivity index is 1.73. The Kier molecular flexibility index (Phi) is 4.68. The third kappa shape index (κ3) is 3.89. The van der Waals surface area contributed by atoms with Crippen LogP contribution in [0.2, 0.25) is 0 Å².